The number of carbonyl (C=O) groups is 1. The summed E-state index contributed by atoms with van der Waals surface area (Å²) in [6, 6.07) is 18.1. The van der Waals surface area contributed by atoms with Crippen LogP contribution in [-0.2, 0) is 13.0 Å². The fourth-order valence-corrected chi connectivity index (χ4v) is 2.67. The first-order valence-electron chi connectivity index (χ1n) is 6.93. The molecule has 1 atom stereocenters. The van der Waals surface area contributed by atoms with E-state index in [9.17, 15) is 4.79 Å². The number of carbonyl (C=O) groups excluding carboxylic acids is 1. The van der Waals surface area contributed by atoms with E-state index >= 15 is 0 Å². The van der Waals surface area contributed by atoms with E-state index in [2.05, 4.69) is 30.4 Å². The number of benzene rings is 2. The number of amides is 2. The van der Waals surface area contributed by atoms with Crippen LogP contribution >= 0.6 is 0 Å². The minimum absolute atomic E-state index is 0.0294. The summed E-state index contributed by atoms with van der Waals surface area (Å²) in [6.07, 6.45) is 0.915. The number of nitrogens with one attached hydrogen (secondary N) is 1. The van der Waals surface area contributed by atoms with E-state index in [0.717, 1.165) is 12.1 Å². The van der Waals surface area contributed by atoms with Crippen LogP contribution < -0.4 is 5.32 Å². The minimum atomic E-state index is -0.0294. The molecule has 1 aliphatic rings. The molecule has 2 aromatic rings. The van der Waals surface area contributed by atoms with Crippen LogP contribution in [0, 0.1) is 0 Å². The van der Waals surface area contributed by atoms with Crippen molar-refractivity contribution in [3.05, 3.63) is 65.7 Å². The number of urea groups is 1. The Morgan fingerprint density at radius 3 is 2.45 bits per heavy atom. The molecule has 0 aromatic heterocycles. The number of hydrogen-bond acceptors (Lipinski definition) is 1. The molecule has 0 aliphatic carbocycles. The molecule has 0 radical (unpaired) electrons. The molecule has 102 valence electrons. The third-order valence-electron chi connectivity index (χ3n) is 3.79. The third kappa shape index (κ3) is 2.52. The first-order chi connectivity index (χ1) is 9.74. The topological polar surface area (TPSA) is 32.3 Å². The van der Waals surface area contributed by atoms with Crippen LogP contribution in [0.2, 0.25) is 0 Å². The summed E-state index contributed by atoms with van der Waals surface area (Å²) in [6.45, 7) is 2.77. The average Bonchev–Trinajstić information content (AvgIpc) is 2.47. The number of nitrogens with zero attached hydrogens (tertiary/aromatic N) is 1. The molecule has 2 amide bonds. The summed E-state index contributed by atoms with van der Waals surface area (Å²) < 4.78 is 0. The maximum atomic E-state index is 12.4. The molecule has 0 saturated carbocycles. The minimum Gasteiger partial charge on any atom is -0.317 e. The van der Waals surface area contributed by atoms with Crippen molar-refractivity contribution in [2.75, 3.05) is 5.32 Å². The molecule has 1 heterocycles. The van der Waals surface area contributed by atoms with Crippen molar-refractivity contribution in [3.8, 4) is 0 Å². The van der Waals surface area contributed by atoms with E-state index in [-0.39, 0.29) is 12.1 Å². The lowest BCUT2D eigenvalue weighted by molar-refractivity contribution is 0.182. The van der Waals surface area contributed by atoms with E-state index in [4.69, 9.17) is 0 Å². The first-order valence-corrected chi connectivity index (χ1v) is 6.93. The Bertz CT molecular complexity index is 609. The molecule has 0 saturated heterocycles. The van der Waals surface area contributed by atoms with Gasteiger partial charge in [-0.1, -0.05) is 42.5 Å². The SMILES string of the molecule is CC1Cc2ccccc2CN1C(=O)Nc1ccccc1. The highest BCUT2D eigenvalue weighted by Crippen LogP contribution is 2.23. The van der Waals surface area contributed by atoms with Crippen LogP contribution in [-0.4, -0.2) is 17.0 Å². The molecule has 3 rings (SSSR count). The van der Waals surface area contributed by atoms with Gasteiger partial charge < -0.3 is 10.2 Å². The molecule has 0 bridgehead atoms. The molecular weight excluding hydrogens is 248 g/mol. The average molecular weight is 266 g/mol. The number of anilines is 1. The van der Waals surface area contributed by atoms with Gasteiger partial charge in [0.15, 0.2) is 0 Å². The van der Waals surface area contributed by atoms with Crippen LogP contribution in [0.4, 0.5) is 10.5 Å². The van der Waals surface area contributed by atoms with Gasteiger partial charge >= 0.3 is 6.03 Å². The van der Waals surface area contributed by atoms with E-state index in [0.29, 0.717) is 6.54 Å². The standard InChI is InChI=1S/C17H18N2O/c1-13-11-14-7-5-6-8-15(14)12-19(13)17(20)18-16-9-3-2-4-10-16/h2-10,13H,11-12H2,1H3,(H,18,20). The molecule has 3 nitrogen and oxygen atoms in total. The summed E-state index contributed by atoms with van der Waals surface area (Å²) in [5.74, 6) is 0. The zero-order valence-electron chi connectivity index (χ0n) is 11.5. The second-order valence-electron chi connectivity index (χ2n) is 5.25. The van der Waals surface area contributed by atoms with E-state index in [1.54, 1.807) is 0 Å². The van der Waals surface area contributed by atoms with Gasteiger partial charge in [-0.2, -0.15) is 0 Å². The highest BCUT2D eigenvalue weighted by atomic mass is 16.2. The van der Waals surface area contributed by atoms with Gasteiger partial charge in [0.05, 0.1) is 0 Å². The smallest absolute Gasteiger partial charge is 0.317 e. The number of fused-ring (bicyclic) bond motifs is 1. The maximum Gasteiger partial charge on any atom is 0.322 e. The van der Waals surface area contributed by atoms with Crippen molar-refractivity contribution in [3.63, 3.8) is 0 Å². The van der Waals surface area contributed by atoms with Gasteiger partial charge in [0, 0.05) is 18.3 Å². The zero-order chi connectivity index (χ0) is 13.9. The van der Waals surface area contributed by atoms with Gasteiger partial charge in [0.2, 0.25) is 0 Å². The van der Waals surface area contributed by atoms with Crippen LogP contribution in [0.15, 0.2) is 54.6 Å². The first kappa shape index (κ1) is 12.7. The lowest BCUT2D eigenvalue weighted by Crippen LogP contribution is -2.44. The fourth-order valence-electron chi connectivity index (χ4n) is 2.67. The van der Waals surface area contributed by atoms with Crippen molar-refractivity contribution in [1.29, 1.82) is 0 Å². The zero-order valence-corrected chi connectivity index (χ0v) is 11.5. The second-order valence-corrected chi connectivity index (χ2v) is 5.25. The van der Waals surface area contributed by atoms with Crippen molar-refractivity contribution in [1.82, 2.24) is 4.90 Å². The number of para-hydroxylation sites is 1. The maximum absolute atomic E-state index is 12.4. The summed E-state index contributed by atoms with van der Waals surface area (Å²) in [4.78, 5) is 14.3. The Kier molecular flexibility index (Phi) is 3.42. The van der Waals surface area contributed by atoms with E-state index < -0.39 is 0 Å². The van der Waals surface area contributed by atoms with Crippen molar-refractivity contribution >= 4 is 11.7 Å². The molecule has 3 heteroatoms. The van der Waals surface area contributed by atoms with Crippen LogP contribution in [0.3, 0.4) is 0 Å². The van der Waals surface area contributed by atoms with Crippen LogP contribution in [0.25, 0.3) is 0 Å². The highest BCUT2D eigenvalue weighted by molar-refractivity contribution is 5.89. The Morgan fingerprint density at radius 2 is 1.70 bits per heavy atom. The van der Waals surface area contributed by atoms with Gasteiger partial charge in [0.1, 0.15) is 0 Å². The Balaban J connectivity index is 1.76. The van der Waals surface area contributed by atoms with Gasteiger partial charge in [0.25, 0.3) is 0 Å². The Hall–Kier alpha value is -2.29. The number of rotatable bonds is 1. The molecule has 0 spiro atoms. The van der Waals surface area contributed by atoms with Gasteiger partial charge in [-0.3, -0.25) is 0 Å². The summed E-state index contributed by atoms with van der Waals surface area (Å²) in [5.41, 5.74) is 3.43. The molecule has 1 aliphatic heterocycles. The van der Waals surface area contributed by atoms with Crippen LogP contribution in [0.1, 0.15) is 18.1 Å². The lowest BCUT2D eigenvalue weighted by Gasteiger charge is -2.34. The molecule has 20 heavy (non-hydrogen) atoms. The molecule has 0 fully saturated rings. The Morgan fingerprint density at radius 1 is 1.05 bits per heavy atom. The monoisotopic (exact) mass is 266 g/mol. The second kappa shape index (κ2) is 5.37. The van der Waals surface area contributed by atoms with E-state index in [1.165, 1.54) is 11.1 Å². The van der Waals surface area contributed by atoms with Crippen molar-refractivity contribution in [2.45, 2.75) is 25.9 Å². The van der Waals surface area contributed by atoms with Gasteiger partial charge in [-0.05, 0) is 36.6 Å². The van der Waals surface area contributed by atoms with Crippen molar-refractivity contribution < 1.29 is 4.79 Å². The molecular formula is C17H18N2O. The van der Waals surface area contributed by atoms with Crippen LogP contribution in [0.5, 0.6) is 0 Å². The summed E-state index contributed by atoms with van der Waals surface area (Å²) in [5, 5.41) is 2.96. The number of hydrogen-bond donors (Lipinski definition) is 1. The lowest BCUT2D eigenvalue weighted by atomic mass is 9.95. The quantitative estimate of drug-likeness (QED) is 0.839. The molecule has 2 aromatic carbocycles. The van der Waals surface area contributed by atoms with Crippen molar-refractivity contribution in [2.24, 2.45) is 0 Å². The van der Waals surface area contributed by atoms with E-state index in [1.807, 2.05) is 41.3 Å². The normalized spacial score (nSPS) is 17.4. The van der Waals surface area contributed by atoms with Gasteiger partial charge in [-0.25, -0.2) is 4.79 Å². The Labute approximate surface area is 119 Å². The molecule has 1 unspecified atom stereocenters. The fraction of sp³-hybridized carbons (Fsp3) is 0.235. The largest absolute Gasteiger partial charge is 0.322 e. The third-order valence-corrected chi connectivity index (χ3v) is 3.79. The van der Waals surface area contributed by atoms with Gasteiger partial charge in [-0.15, -0.1) is 0 Å². The summed E-state index contributed by atoms with van der Waals surface area (Å²) in [7, 11) is 0. The predicted octanol–water partition coefficient (Wildman–Crippen LogP) is 3.67. The highest BCUT2D eigenvalue weighted by Gasteiger charge is 2.26. The molecule has 1 N–H and O–H groups in total. The predicted molar refractivity (Wildman–Crippen MR) is 80.6 cm³/mol. The summed E-state index contributed by atoms with van der Waals surface area (Å²) >= 11 is 0.